The number of rotatable bonds is 6. The zero-order valence-corrected chi connectivity index (χ0v) is 16.4. The van der Waals surface area contributed by atoms with Crippen LogP contribution in [0.3, 0.4) is 0 Å². The molecule has 4 aromatic rings. The molecule has 0 N–H and O–H groups in total. The van der Waals surface area contributed by atoms with Crippen LogP contribution in [0.5, 0.6) is 0 Å². The Morgan fingerprint density at radius 1 is 1.03 bits per heavy atom. The maximum Gasteiger partial charge on any atom is 0.310 e. The first kappa shape index (κ1) is 19.6. The van der Waals surface area contributed by atoms with Gasteiger partial charge < -0.3 is 14.1 Å². The molecule has 0 aliphatic heterocycles. The number of furan rings is 1. The van der Waals surface area contributed by atoms with Gasteiger partial charge in [-0.2, -0.15) is 0 Å². The Morgan fingerprint density at radius 3 is 2.60 bits per heavy atom. The average Bonchev–Trinajstić information content (AvgIpc) is 3.16. The first-order valence-electron chi connectivity index (χ1n) is 9.53. The van der Waals surface area contributed by atoms with Gasteiger partial charge in [-0.05, 0) is 34.5 Å². The molecule has 6 heteroatoms. The largest absolute Gasteiger partial charge is 0.464 e. The second-order valence-electron chi connectivity index (χ2n) is 7.13. The normalized spacial score (nSPS) is 11.0. The van der Waals surface area contributed by atoms with E-state index in [1.54, 1.807) is 25.4 Å². The molecule has 1 amide bonds. The van der Waals surface area contributed by atoms with E-state index in [0.29, 0.717) is 12.1 Å². The highest BCUT2D eigenvalue weighted by atomic mass is 19.1. The van der Waals surface area contributed by atoms with Crippen LogP contribution in [0.15, 0.2) is 71.3 Å². The number of amides is 1. The van der Waals surface area contributed by atoms with Crippen molar-refractivity contribution in [2.75, 3.05) is 13.7 Å². The quantitative estimate of drug-likeness (QED) is 0.444. The molecule has 0 bridgehead atoms. The van der Waals surface area contributed by atoms with E-state index in [2.05, 4.69) is 0 Å². The van der Waals surface area contributed by atoms with E-state index < -0.39 is 5.97 Å². The predicted molar refractivity (Wildman–Crippen MR) is 111 cm³/mol. The summed E-state index contributed by atoms with van der Waals surface area (Å²) in [5.41, 5.74) is 2.21. The molecule has 5 nitrogen and oxygen atoms in total. The molecule has 0 saturated heterocycles. The van der Waals surface area contributed by atoms with E-state index in [9.17, 15) is 14.0 Å². The SMILES string of the molecule is CN(Cc1ccc(F)cc1)C(=O)COC(=O)Cc1coc2ccc3ccccc3c12. The summed E-state index contributed by atoms with van der Waals surface area (Å²) in [7, 11) is 1.61. The van der Waals surface area contributed by atoms with E-state index >= 15 is 0 Å². The molecule has 4 rings (SSSR count). The van der Waals surface area contributed by atoms with Crippen molar-refractivity contribution in [3.05, 3.63) is 83.9 Å². The summed E-state index contributed by atoms with van der Waals surface area (Å²) in [6.07, 6.45) is 1.57. The highest BCUT2D eigenvalue weighted by Crippen LogP contribution is 2.30. The van der Waals surface area contributed by atoms with Gasteiger partial charge in [0.05, 0.1) is 12.7 Å². The van der Waals surface area contributed by atoms with Crippen LogP contribution < -0.4 is 0 Å². The van der Waals surface area contributed by atoms with Crippen LogP contribution >= 0.6 is 0 Å². The van der Waals surface area contributed by atoms with E-state index in [1.807, 2.05) is 36.4 Å². The number of esters is 1. The number of carbonyl (C=O) groups is 2. The van der Waals surface area contributed by atoms with Gasteiger partial charge in [0, 0.05) is 24.5 Å². The monoisotopic (exact) mass is 405 g/mol. The molecular weight excluding hydrogens is 385 g/mol. The molecule has 0 radical (unpaired) electrons. The topological polar surface area (TPSA) is 59.8 Å². The summed E-state index contributed by atoms with van der Waals surface area (Å²) in [6, 6.07) is 17.6. The number of hydrogen-bond acceptors (Lipinski definition) is 4. The summed E-state index contributed by atoms with van der Waals surface area (Å²) in [5.74, 6) is -1.18. The van der Waals surface area contributed by atoms with Gasteiger partial charge in [0.1, 0.15) is 11.4 Å². The second-order valence-corrected chi connectivity index (χ2v) is 7.13. The van der Waals surface area contributed by atoms with Crippen LogP contribution in [0.1, 0.15) is 11.1 Å². The van der Waals surface area contributed by atoms with Gasteiger partial charge in [-0.3, -0.25) is 9.59 Å². The van der Waals surface area contributed by atoms with Crippen molar-refractivity contribution < 1.29 is 23.1 Å². The number of fused-ring (bicyclic) bond motifs is 3. The fourth-order valence-electron chi connectivity index (χ4n) is 3.42. The fourth-order valence-corrected chi connectivity index (χ4v) is 3.42. The molecule has 0 aliphatic rings. The lowest BCUT2D eigenvalue weighted by Gasteiger charge is -2.17. The first-order chi connectivity index (χ1) is 14.5. The Kier molecular flexibility index (Phi) is 5.48. The van der Waals surface area contributed by atoms with Crippen molar-refractivity contribution in [2.24, 2.45) is 0 Å². The zero-order valence-electron chi connectivity index (χ0n) is 16.4. The molecule has 0 atom stereocenters. The molecule has 0 saturated carbocycles. The number of benzene rings is 3. The van der Waals surface area contributed by atoms with Crippen molar-refractivity contribution in [3.63, 3.8) is 0 Å². The highest BCUT2D eigenvalue weighted by Gasteiger charge is 2.16. The third-order valence-corrected chi connectivity index (χ3v) is 4.99. The van der Waals surface area contributed by atoms with Crippen LogP contribution in [0.25, 0.3) is 21.7 Å². The summed E-state index contributed by atoms with van der Waals surface area (Å²) < 4.78 is 23.8. The number of carbonyl (C=O) groups excluding carboxylic acids is 2. The molecule has 152 valence electrons. The minimum absolute atomic E-state index is 0.00988. The van der Waals surface area contributed by atoms with E-state index in [-0.39, 0.29) is 24.8 Å². The van der Waals surface area contributed by atoms with Crippen LogP contribution in [0.2, 0.25) is 0 Å². The minimum Gasteiger partial charge on any atom is -0.464 e. The summed E-state index contributed by atoms with van der Waals surface area (Å²) in [5, 5.41) is 2.94. The third-order valence-electron chi connectivity index (χ3n) is 4.99. The van der Waals surface area contributed by atoms with Crippen LogP contribution in [-0.2, 0) is 27.3 Å². The lowest BCUT2D eigenvalue weighted by Crippen LogP contribution is -2.31. The van der Waals surface area contributed by atoms with Crippen LogP contribution in [0, 0.1) is 5.82 Å². The fraction of sp³-hybridized carbons (Fsp3) is 0.167. The molecule has 0 aliphatic carbocycles. The predicted octanol–water partition coefficient (Wildman–Crippen LogP) is 4.47. The molecule has 0 spiro atoms. The molecule has 3 aromatic carbocycles. The second kappa shape index (κ2) is 8.37. The van der Waals surface area contributed by atoms with Gasteiger partial charge in [0.2, 0.25) is 0 Å². The average molecular weight is 405 g/mol. The van der Waals surface area contributed by atoms with Crippen LogP contribution in [0.4, 0.5) is 4.39 Å². The molecule has 0 unspecified atom stereocenters. The number of halogens is 1. The van der Waals surface area contributed by atoms with E-state index in [4.69, 9.17) is 9.15 Å². The van der Waals surface area contributed by atoms with Gasteiger partial charge in [0.25, 0.3) is 5.91 Å². The molecule has 1 heterocycles. The van der Waals surface area contributed by atoms with Crippen molar-refractivity contribution in [1.82, 2.24) is 4.90 Å². The molecule has 30 heavy (non-hydrogen) atoms. The standard InChI is InChI=1S/C24H20FNO4/c1-26(13-16-6-9-19(25)10-7-16)22(27)15-30-23(28)12-18-14-29-21-11-8-17-4-2-3-5-20(17)24(18)21/h2-11,14H,12-13,15H2,1H3. The summed E-state index contributed by atoms with van der Waals surface area (Å²) in [4.78, 5) is 26.0. The van der Waals surface area contributed by atoms with Gasteiger partial charge in [-0.25, -0.2) is 4.39 Å². The van der Waals surface area contributed by atoms with E-state index in [1.165, 1.54) is 17.0 Å². The highest BCUT2D eigenvalue weighted by molar-refractivity contribution is 6.08. The van der Waals surface area contributed by atoms with Crippen molar-refractivity contribution in [1.29, 1.82) is 0 Å². The Hall–Kier alpha value is -3.67. The lowest BCUT2D eigenvalue weighted by molar-refractivity contribution is -0.151. The molecule has 0 fully saturated rings. The molecular formula is C24H20FNO4. The lowest BCUT2D eigenvalue weighted by atomic mass is 10.0. The van der Waals surface area contributed by atoms with Gasteiger partial charge in [0.15, 0.2) is 6.61 Å². The summed E-state index contributed by atoms with van der Waals surface area (Å²) >= 11 is 0. The summed E-state index contributed by atoms with van der Waals surface area (Å²) in [6.45, 7) is -0.0535. The maximum atomic E-state index is 13.0. The Bertz CT molecular complexity index is 1210. The molecule has 1 aromatic heterocycles. The van der Waals surface area contributed by atoms with Crippen LogP contribution in [-0.4, -0.2) is 30.4 Å². The van der Waals surface area contributed by atoms with Crippen molar-refractivity contribution in [2.45, 2.75) is 13.0 Å². The number of hydrogen-bond donors (Lipinski definition) is 0. The minimum atomic E-state index is -0.505. The van der Waals surface area contributed by atoms with Gasteiger partial charge in [-0.1, -0.05) is 42.5 Å². The third kappa shape index (κ3) is 4.17. The smallest absolute Gasteiger partial charge is 0.310 e. The van der Waals surface area contributed by atoms with Gasteiger partial charge >= 0.3 is 5.97 Å². The Morgan fingerprint density at radius 2 is 1.80 bits per heavy atom. The number of likely N-dealkylation sites (N-methyl/N-ethyl adjacent to an activating group) is 1. The first-order valence-corrected chi connectivity index (χ1v) is 9.53. The van der Waals surface area contributed by atoms with Crippen molar-refractivity contribution >= 4 is 33.6 Å². The zero-order chi connectivity index (χ0) is 21.1. The van der Waals surface area contributed by atoms with E-state index in [0.717, 1.165) is 27.3 Å². The Balaban J connectivity index is 1.38. The van der Waals surface area contributed by atoms with Crippen molar-refractivity contribution in [3.8, 4) is 0 Å². The maximum absolute atomic E-state index is 13.0. The van der Waals surface area contributed by atoms with Gasteiger partial charge in [-0.15, -0.1) is 0 Å². The Labute approximate surface area is 172 Å². The number of ether oxygens (including phenoxy) is 1. The number of nitrogens with zero attached hydrogens (tertiary/aromatic N) is 1.